The van der Waals surface area contributed by atoms with Gasteiger partial charge in [0.25, 0.3) is 11.8 Å². The molecule has 3 aromatic rings. The second-order valence-corrected chi connectivity index (χ2v) is 9.27. The third kappa shape index (κ3) is 4.43. The van der Waals surface area contributed by atoms with Gasteiger partial charge in [0.2, 0.25) is 0 Å². The highest BCUT2D eigenvalue weighted by Crippen LogP contribution is 2.25. The van der Waals surface area contributed by atoms with Crippen LogP contribution in [0, 0.1) is 6.92 Å². The van der Waals surface area contributed by atoms with Crippen molar-refractivity contribution in [2.45, 2.75) is 46.5 Å². The summed E-state index contributed by atoms with van der Waals surface area (Å²) in [6.45, 7) is 14.6. The van der Waals surface area contributed by atoms with Crippen LogP contribution in [0.15, 0.2) is 29.0 Å². The lowest BCUT2D eigenvalue weighted by molar-refractivity contribution is 0.0636. The van der Waals surface area contributed by atoms with Gasteiger partial charge in [-0.1, -0.05) is 32.9 Å². The van der Waals surface area contributed by atoms with Crippen LogP contribution < -0.4 is 0 Å². The summed E-state index contributed by atoms with van der Waals surface area (Å²) >= 11 is 0. The molecule has 9 heteroatoms. The largest absolute Gasteiger partial charge is 0.336 e. The monoisotopic (exact) mass is 437 g/mol. The number of amides is 1. The van der Waals surface area contributed by atoms with E-state index in [2.05, 4.69) is 32.0 Å². The topological polar surface area (TPSA) is 93.2 Å². The number of aromatic nitrogens is 5. The number of carbonyl (C=O) groups excluding carboxylic acids is 1. The van der Waals surface area contributed by atoms with E-state index < -0.39 is 0 Å². The van der Waals surface area contributed by atoms with Crippen LogP contribution in [-0.2, 0) is 5.41 Å². The lowest BCUT2D eigenvalue weighted by atomic mass is 9.96. The van der Waals surface area contributed by atoms with Crippen molar-refractivity contribution in [3.8, 4) is 17.3 Å². The van der Waals surface area contributed by atoms with Crippen molar-refractivity contribution in [3.05, 3.63) is 41.6 Å². The molecule has 0 unspecified atom stereocenters. The second kappa shape index (κ2) is 8.82. The Hall–Kier alpha value is -3.07. The predicted molar refractivity (Wildman–Crippen MR) is 121 cm³/mol. The van der Waals surface area contributed by atoms with Gasteiger partial charge in [0.15, 0.2) is 11.6 Å². The van der Waals surface area contributed by atoms with Crippen LogP contribution in [0.5, 0.6) is 0 Å². The molecule has 0 radical (unpaired) electrons. The van der Waals surface area contributed by atoms with Crippen LogP contribution in [0.3, 0.4) is 0 Å². The quantitative estimate of drug-likeness (QED) is 0.605. The summed E-state index contributed by atoms with van der Waals surface area (Å²) in [6, 6.07) is 3.67. The smallest absolute Gasteiger partial charge is 0.258 e. The molecule has 0 bridgehead atoms. The molecule has 3 aromatic heterocycles. The van der Waals surface area contributed by atoms with Gasteiger partial charge in [-0.05, 0) is 32.0 Å². The van der Waals surface area contributed by atoms with Crippen LogP contribution in [0.1, 0.15) is 56.0 Å². The van der Waals surface area contributed by atoms with Crippen molar-refractivity contribution < 1.29 is 9.32 Å². The Morgan fingerprint density at radius 3 is 2.59 bits per heavy atom. The molecule has 9 nitrogen and oxygen atoms in total. The molecule has 1 aliphatic heterocycles. The molecular weight excluding hydrogens is 406 g/mol. The average Bonchev–Trinajstić information content (AvgIpc) is 3.41. The molecule has 4 heterocycles. The maximum Gasteiger partial charge on any atom is 0.258 e. The number of nitrogens with zero attached hydrogens (tertiary/aromatic N) is 7. The van der Waals surface area contributed by atoms with Crippen molar-refractivity contribution in [3.63, 3.8) is 0 Å². The molecule has 170 valence electrons. The summed E-state index contributed by atoms with van der Waals surface area (Å²) in [4.78, 5) is 26.4. The third-order valence-electron chi connectivity index (χ3n) is 5.75. The minimum atomic E-state index is -0.201. The second-order valence-electron chi connectivity index (χ2n) is 9.27. The highest BCUT2D eigenvalue weighted by atomic mass is 16.5. The highest BCUT2D eigenvalue weighted by Gasteiger charge is 2.25. The lowest BCUT2D eigenvalue weighted by Crippen LogP contribution is -2.48. The van der Waals surface area contributed by atoms with Crippen molar-refractivity contribution in [2.24, 2.45) is 0 Å². The van der Waals surface area contributed by atoms with E-state index >= 15 is 0 Å². The Morgan fingerprint density at radius 1 is 1.19 bits per heavy atom. The Labute approximate surface area is 188 Å². The number of rotatable bonds is 5. The Morgan fingerprint density at radius 2 is 1.94 bits per heavy atom. The Kier molecular flexibility index (Phi) is 6.10. The molecular formula is C23H31N7O2. The minimum absolute atomic E-state index is 0.0211. The first-order valence-electron chi connectivity index (χ1n) is 11.1. The standard InChI is InChI=1S/C23H31N7O2/c1-6-9-28-10-12-29(13-11-28)21(31)18-15-25-30(16(18)2)19-14-17(7-8-24-19)20-26-22(27-32-20)23(3,4)5/h7-8,14-15H,6,9-13H2,1-5H3. The van der Waals surface area contributed by atoms with Crippen molar-refractivity contribution in [1.82, 2.24) is 34.7 Å². The Balaban J connectivity index is 1.54. The number of hydrogen-bond donors (Lipinski definition) is 0. The summed E-state index contributed by atoms with van der Waals surface area (Å²) < 4.78 is 7.15. The van der Waals surface area contributed by atoms with Gasteiger partial charge in [0, 0.05) is 43.4 Å². The van der Waals surface area contributed by atoms with Crippen LogP contribution >= 0.6 is 0 Å². The zero-order valence-electron chi connectivity index (χ0n) is 19.5. The SMILES string of the molecule is CCCN1CCN(C(=O)c2cnn(-c3cc(-c4nc(C(C)(C)C)no4)ccn3)c2C)CC1. The van der Waals surface area contributed by atoms with Crippen LogP contribution in [0.4, 0.5) is 0 Å². The zero-order chi connectivity index (χ0) is 22.9. The number of carbonyl (C=O) groups is 1. The summed E-state index contributed by atoms with van der Waals surface area (Å²) in [6.07, 6.45) is 4.45. The Bertz CT molecular complexity index is 1090. The fraction of sp³-hybridized carbons (Fsp3) is 0.522. The lowest BCUT2D eigenvalue weighted by Gasteiger charge is -2.34. The van der Waals surface area contributed by atoms with E-state index in [1.807, 2.05) is 44.7 Å². The van der Waals surface area contributed by atoms with E-state index in [4.69, 9.17) is 4.52 Å². The van der Waals surface area contributed by atoms with Crippen molar-refractivity contribution in [1.29, 1.82) is 0 Å². The van der Waals surface area contributed by atoms with E-state index in [-0.39, 0.29) is 11.3 Å². The molecule has 0 aromatic carbocycles. The van der Waals surface area contributed by atoms with Crippen LogP contribution in [0.25, 0.3) is 17.3 Å². The predicted octanol–water partition coefficient (Wildman–Crippen LogP) is 3.09. The van der Waals surface area contributed by atoms with E-state index in [0.29, 0.717) is 23.1 Å². The van der Waals surface area contributed by atoms with Gasteiger partial charge in [0.05, 0.1) is 17.5 Å². The molecule has 0 N–H and O–H groups in total. The van der Waals surface area contributed by atoms with Gasteiger partial charge in [-0.25, -0.2) is 9.67 Å². The van der Waals surface area contributed by atoms with Crippen molar-refractivity contribution >= 4 is 5.91 Å². The first-order chi connectivity index (χ1) is 15.3. The summed E-state index contributed by atoms with van der Waals surface area (Å²) in [5.41, 5.74) is 1.92. The minimum Gasteiger partial charge on any atom is -0.336 e. The first kappa shape index (κ1) is 22.1. The summed E-state index contributed by atoms with van der Waals surface area (Å²) in [5, 5.41) is 8.55. The van der Waals surface area contributed by atoms with Gasteiger partial charge < -0.3 is 9.42 Å². The van der Waals surface area contributed by atoms with E-state index in [1.165, 1.54) is 0 Å². The molecule has 1 amide bonds. The summed E-state index contributed by atoms with van der Waals surface area (Å²) in [5.74, 6) is 1.70. The molecule has 32 heavy (non-hydrogen) atoms. The zero-order valence-corrected chi connectivity index (χ0v) is 19.5. The molecule has 0 spiro atoms. The van der Waals surface area contributed by atoms with Gasteiger partial charge in [-0.3, -0.25) is 9.69 Å². The van der Waals surface area contributed by atoms with Gasteiger partial charge in [-0.15, -0.1) is 0 Å². The van der Waals surface area contributed by atoms with Crippen LogP contribution in [-0.4, -0.2) is 73.3 Å². The number of pyridine rings is 1. The molecule has 0 atom stereocenters. The third-order valence-corrected chi connectivity index (χ3v) is 5.75. The molecule has 4 rings (SSSR count). The van der Waals surface area contributed by atoms with Gasteiger partial charge in [0.1, 0.15) is 0 Å². The first-order valence-corrected chi connectivity index (χ1v) is 11.1. The van der Waals surface area contributed by atoms with Crippen LogP contribution in [0.2, 0.25) is 0 Å². The highest BCUT2D eigenvalue weighted by molar-refractivity contribution is 5.95. The van der Waals surface area contributed by atoms with E-state index in [1.54, 1.807) is 17.1 Å². The average molecular weight is 438 g/mol. The summed E-state index contributed by atoms with van der Waals surface area (Å²) in [7, 11) is 0. The molecule has 0 saturated carbocycles. The normalized spacial score (nSPS) is 15.3. The fourth-order valence-electron chi connectivity index (χ4n) is 3.82. The number of piperazine rings is 1. The molecule has 1 fully saturated rings. The van der Waals surface area contributed by atoms with E-state index in [9.17, 15) is 4.79 Å². The fourth-order valence-corrected chi connectivity index (χ4v) is 3.82. The van der Waals surface area contributed by atoms with Gasteiger partial charge in [-0.2, -0.15) is 10.1 Å². The maximum atomic E-state index is 13.1. The molecule has 1 saturated heterocycles. The van der Waals surface area contributed by atoms with E-state index in [0.717, 1.165) is 50.4 Å². The molecule has 0 aliphatic carbocycles. The number of hydrogen-bond acceptors (Lipinski definition) is 7. The van der Waals surface area contributed by atoms with Crippen molar-refractivity contribution in [2.75, 3.05) is 32.7 Å². The maximum absolute atomic E-state index is 13.1. The molecule has 1 aliphatic rings. The van der Waals surface area contributed by atoms with Gasteiger partial charge >= 0.3 is 0 Å².